The Kier molecular flexibility index (Phi) is 3.31. The standard InChI is InChI=1S/C14H22N4O/c1-9-13(8-18(2)17-9)16-14(19)7-10-5-11-3-4-12(6-10)15-11/h8,10-12,15H,3-7H2,1-2H3,(H,16,19). The molecule has 5 nitrogen and oxygen atoms in total. The summed E-state index contributed by atoms with van der Waals surface area (Å²) < 4.78 is 1.73. The summed E-state index contributed by atoms with van der Waals surface area (Å²) in [6, 6.07) is 1.30. The fourth-order valence-corrected chi connectivity index (χ4v) is 3.53. The number of hydrogen-bond acceptors (Lipinski definition) is 3. The molecule has 2 N–H and O–H groups in total. The highest BCUT2D eigenvalue weighted by molar-refractivity contribution is 5.91. The third-order valence-corrected chi connectivity index (χ3v) is 4.33. The summed E-state index contributed by atoms with van der Waals surface area (Å²) in [5.41, 5.74) is 1.71. The Bertz CT molecular complexity index is 470. The van der Waals surface area contributed by atoms with Gasteiger partial charge in [-0.15, -0.1) is 0 Å². The summed E-state index contributed by atoms with van der Waals surface area (Å²) in [6.07, 6.45) is 7.36. The van der Waals surface area contributed by atoms with Crippen LogP contribution in [0.2, 0.25) is 0 Å². The molecule has 19 heavy (non-hydrogen) atoms. The first kappa shape index (κ1) is 12.7. The fourth-order valence-electron chi connectivity index (χ4n) is 3.53. The van der Waals surface area contributed by atoms with E-state index in [0.717, 1.165) is 24.2 Å². The monoisotopic (exact) mass is 262 g/mol. The second-order valence-corrected chi connectivity index (χ2v) is 6.03. The molecule has 0 spiro atoms. The lowest BCUT2D eigenvalue weighted by atomic mass is 9.89. The van der Waals surface area contributed by atoms with Crippen molar-refractivity contribution in [1.82, 2.24) is 15.1 Å². The predicted molar refractivity (Wildman–Crippen MR) is 73.9 cm³/mol. The maximum atomic E-state index is 12.1. The first-order valence-electron chi connectivity index (χ1n) is 7.16. The lowest BCUT2D eigenvalue weighted by molar-refractivity contribution is -0.117. The highest BCUT2D eigenvalue weighted by Crippen LogP contribution is 2.32. The molecule has 2 aliphatic heterocycles. The van der Waals surface area contributed by atoms with Gasteiger partial charge in [0.2, 0.25) is 5.91 Å². The Hall–Kier alpha value is -1.36. The molecule has 1 aromatic rings. The number of nitrogens with one attached hydrogen (secondary N) is 2. The molecule has 5 heteroatoms. The van der Waals surface area contributed by atoms with Gasteiger partial charge in [0, 0.05) is 31.7 Å². The second-order valence-electron chi connectivity index (χ2n) is 6.03. The van der Waals surface area contributed by atoms with E-state index in [4.69, 9.17) is 0 Å². The Morgan fingerprint density at radius 2 is 2.16 bits per heavy atom. The van der Waals surface area contributed by atoms with E-state index < -0.39 is 0 Å². The molecule has 1 aromatic heterocycles. The summed E-state index contributed by atoms with van der Waals surface area (Å²) in [5, 5.41) is 10.8. The summed E-state index contributed by atoms with van der Waals surface area (Å²) in [4.78, 5) is 12.1. The van der Waals surface area contributed by atoms with Crippen molar-refractivity contribution >= 4 is 11.6 Å². The minimum absolute atomic E-state index is 0.127. The zero-order valence-electron chi connectivity index (χ0n) is 11.6. The zero-order chi connectivity index (χ0) is 13.4. The Morgan fingerprint density at radius 3 is 2.74 bits per heavy atom. The molecule has 1 amide bonds. The van der Waals surface area contributed by atoms with Crippen LogP contribution >= 0.6 is 0 Å². The number of rotatable bonds is 3. The van der Waals surface area contributed by atoms with Crippen LogP contribution in [0, 0.1) is 12.8 Å². The van der Waals surface area contributed by atoms with Gasteiger partial charge < -0.3 is 10.6 Å². The number of piperidine rings is 1. The van der Waals surface area contributed by atoms with Crippen molar-refractivity contribution in [3.8, 4) is 0 Å². The van der Waals surface area contributed by atoms with Crippen molar-refractivity contribution in [3.05, 3.63) is 11.9 Å². The number of fused-ring (bicyclic) bond motifs is 2. The van der Waals surface area contributed by atoms with Crippen LogP contribution in [0.15, 0.2) is 6.20 Å². The highest BCUT2D eigenvalue weighted by Gasteiger charge is 2.34. The molecule has 0 aromatic carbocycles. The van der Waals surface area contributed by atoms with E-state index >= 15 is 0 Å². The fraction of sp³-hybridized carbons (Fsp3) is 0.714. The van der Waals surface area contributed by atoms with E-state index in [0.29, 0.717) is 24.4 Å². The molecule has 0 radical (unpaired) electrons. The zero-order valence-corrected chi connectivity index (χ0v) is 11.6. The van der Waals surface area contributed by atoms with Gasteiger partial charge in [0.1, 0.15) is 0 Å². The van der Waals surface area contributed by atoms with Crippen LogP contribution in [0.1, 0.15) is 37.8 Å². The van der Waals surface area contributed by atoms with Gasteiger partial charge >= 0.3 is 0 Å². The van der Waals surface area contributed by atoms with Gasteiger partial charge in [0.15, 0.2) is 0 Å². The lowest BCUT2D eigenvalue weighted by Gasteiger charge is -2.28. The summed E-state index contributed by atoms with van der Waals surface area (Å²) >= 11 is 0. The van der Waals surface area contributed by atoms with Gasteiger partial charge in [-0.1, -0.05) is 0 Å². The number of carbonyl (C=O) groups excluding carboxylic acids is 1. The van der Waals surface area contributed by atoms with Crippen LogP contribution in [0.4, 0.5) is 5.69 Å². The van der Waals surface area contributed by atoms with Crippen molar-refractivity contribution in [2.24, 2.45) is 13.0 Å². The molecule has 3 heterocycles. The Morgan fingerprint density at radius 1 is 1.47 bits per heavy atom. The largest absolute Gasteiger partial charge is 0.323 e. The number of anilines is 1. The Balaban J connectivity index is 1.55. The highest BCUT2D eigenvalue weighted by atomic mass is 16.1. The van der Waals surface area contributed by atoms with E-state index in [-0.39, 0.29) is 5.91 Å². The van der Waals surface area contributed by atoms with Crippen LogP contribution in [0.5, 0.6) is 0 Å². The van der Waals surface area contributed by atoms with E-state index in [1.165, 1.54) is 12.8 Å². The second kappa shape index (κ2) is 4.96. The van der Waals surface area contributed by atoms with Crippen molar-refractivity contribution in [3.63, 3.8) is 0 Å². The number of nitrogens with zero attached hydrogens (tertiary/aromatic N) is 2. The van der Waals surface area contributed by atoms with Crippen molar-refractivity contribution in [2.75, 3.05) is 5.32 Å². The number of amides is 1. The van der Waals surface area contributed by atoms with Gasteiger partial charge in [0.05, 0.1) is 11.4 Å². The number of carbonyl (C=O) groups is 1. The first-order chi connectivity index (χ1) is 9.10. The molecule has 2 fully saturated rings. The van der Waals surface area contributed by atoms with Crippen molar-refractivity contribution < 1.29 is 4.79 Å². The van der Waals surface area contributed by atoms with Gasteiger partial charge in [-0.05, 0) is 38.5 Å². The minimum Gasteiger partial charge on any atom is -0.323 e. The molecule has 104 valence electrons. The first-order valence-corrected chi connectivity index (χ1v) is 7.16. The van der Waals surface area contributed by atoms with Crippen LogP contribution < -0.4 is 10.6 Å². The van der Waals surface area contributed by atoms with Gasteiger partial charge in [-0.25, -0.2) is 0 Å². The number of hydrogen-bond donors (Lipinski definition) is 2. The van der Waals surface area contributed by atoms with E-state index in [2.05, 4.69) is 15.7 Å². The SMILES string of the molecule is Cc1nn(C)cc1NC(=O)CC1CC2CCC(C1)N2. The summed E-state index contributed by atoms with van der Waals surface area (Å²) in [6.45, 7) is 1.92. The van der Waals surface area contributed by atoms with Gasteiger partial charge in [-0.3, -0.25) is 9.48 Å². The van der Waals surface area contributed by atoms with Crippen LogP contribution in [0.3, 0.4) is 0 Å². The van der Waals surface area contributed by atoms with E-state index in [1.54, 1.807) is 4.68 Å². The molecule has 2 saturated heterocycles. The molecule has 3 rings (SSSR count). The quantitative estimate of drug-likeness (QED) is 0.869. The molecular weight excluding hydrogens is 240 g/mol. The molecule has 2 atom stereocenters. The van der Waals surface area contributed by atoms with E-state index in [1.807, 2.05) is 20.2 Å². The maximum Gasteiger partial charge on any atom is 0.224 e. The molecule has 2 bridgehead atoms. The lowest BCUT2D eigenvalue weighted by Crippen LogP contribution is -2.39. The van der Waals surface area contributed by atoms with Crippen molar-refractivity contribution in [2.45, 2.75) is 51.1 Å². The van der Waals surface area contributed by atoms with Crippen LogP contribution in [0.25, 0.3) is 0 Å². The predicted octanol–water partition coefficient (Wildman–Crippen LogP) is 1.59. The number of aryl methyl sites for hydroxylation is 2. The molecule has 2 aliphatic rings. The van der Waals surface area contributed by atoms with Crippen LogP contribution in [-0.4, -0.2) is 27.8 Å². The maximum absolute atomic E-state index is 12.1. The van der Waals surface area contributed by atoms with Gasteiger partial charge in [0.25, 0.3) is 0 Å². The summed E-state index contributed by atoms with van der Waals surface area (Å²) in [7, 11) is 1.87. The Labute approximate surface area is 113 Å². The summed E-state index contributed by atoms with van der Waals surface area (Å²) in [5.74, 6) is 0.665. The van der Waals surface area contributed by atoms with E-state index in [9.17, 15) is 4.79 Å². The average molecular weight is 262 g/mol. The third kappa shape index (κ3) is 2.81. The normalized spacial score (nSPS) is 29.5. The van der Waals surface area contributed by atoms with Gasteiger partial charge in [-0.2, -0.15) is 5.10 Å². The smallest absolute Gasteiger partial charge is 0.224 e. The van der Waals surface area contributed by atoms with Crippen molar-refractivity contribution in [1.29, 1.82) is 0 Å². The van der Waals surface area contributed by atoms with Crippen LogP contribution in [-0.2, 0) is 11.8 Å². The molecule has 2 unspecified atom stereocenters. The topological polar surface area (TPSA) is 59.0 Å². The average Bonchev–Trinajstić information content (AvgIpc) is 2.82. The minimum atomic E-state index is 0.127. The molecule has 0 saturated carbocycles. The number of aromatic nitrogens is 2. The molecular formula is C14H22N4O. The third-order valence-electron chi connectivity index (χ3n) is 4.33. The molecule has 0 aliphatic carbocycles.